The zero-order valence-corrected chi connectivity index (χ0v) is 8.08. The Hall–Kier alpha value is -1.03. The summed E-state index contributed by atoms with van der Waals surface area (Å²) in [4.78, 5) is 4.16. The fourth-order valence-corrected chi connectivity index (χ4v) is 1.42. The van der Waals surface area contributed by atoms with Gasteiger partial charge in [-0.05, 0) is 22.0 Å². The van der Waals surface area contributed by atoms with Crippen LogP contribution in [-0.4, -0.2) is 9.55 Å². The first-order valence-electron chi connectivity index (χ1n) is 3.49. The SMILES string of the molecule is Cn1ccnc1-c1occc1Br. The van der Waals surface area contributed by atoms with Crippen molar-refractivity contribution in [3.05, 3.63) is 29.2 Å². The van der Waals surface area contributed by atoms with Crippen molar-refractivity contribution in [2.75, 3.05) is 0 Å². The Kier molecular flexibility index (Phi) is 1.77. The molecule has 0 radical (unpaired) electrons. The lowest BCUT2D eigenvalue weighted by molar-refractivity contribution is 0.573. The molecule has 0 atom stereocenters. The zero-order chi connectivity index (χ0) is 8.55. The third kappa shape index (κ3) is 1.08. The van der Waals surface area contributed by atoms with E-state index in [2.05, 4.69) is 20.9 Å². The molecule has 4 heteroatoms. The van der Waals surface area contributed by atoms with E-state index in [0.29, 0.717) is 0 Å². The van der Waals surface area contributed by atoms with Gasteiger partial charge in [-0.1, -0.05) is 0 Å². The number of aromatic nitrogens is 2. The molecule has 3 nitrogen and oxygen atoms in total. The number of aryl methyl sites for hydroxylation is 1. The van der Waals surface area contributed by atoms with E-state index >= 15 is 0 Å². The highest BCUT2D eigenvalue weighted by atomic mass is 79.9. The molecule has 12 heavy (non-hydrogen) atoms. The number of furan rings is 1. The molecular weight excluding hydrogens is 220 g/mol. The van der Waals surface area contributed by atoms with E-state index in [1.165, 1.54) is 0 Å². The molecule has 0 aliphatic carbocycles. The lowest BCUT2D eigenvalue weighted by Gasteiger charge is -1.96. The van der Waals surface area contributed by atoms with Gasteiger partial charge >= 0.3 is 0 Å². The maximum atomic E-state index is 5.26. The molecule has 2 aromatic rings. The monoisotopic (exact) mass is 226 g/mol. The second-order valence-corrected chi connectivity index (χ2v) is 3.31. The molecule has 2 aromatic heterocycles. The molecule has 0 amide bonds. The topological polar surface area (TPSA) is 31.0 Å². The quantitative estimate of drug-likeness (QED) is 0.749. The van der Waals surface area contributed by atoms with Gasteiger partial charge in [0.15, 0.2) is 11.6 Å². The van der Waals surface area contributed by atoms with Crippen molar-refractivity contribution in [1.29, 1.82) is 0 Å². The van der Waals surface area contributed by atoms with Crippen LogP contribution in [-0.2, 0) is 7.05 Å². The fourth-order valence-electron chi connectivity index (χ4n) is 1.04. The van der Waals surface area contributed by atoms with Crippen molar-refractivity contribution in [3.63, 3.8) is 0 Å². The van der Waals surface area contributed by atoms with E-state index in [1.807, 2.05) is 23.9 Å². The van der Waals surface area contributed by atoms with Gasteiger partial charge in [0.2, 0.25) is 0 Å². The van der Waals surface area contributed by atoms with Gasteiger partial charge in [0.1, 0.15) is 0 Å². The maximum absolute atomic E-state index is 5.26. The van der Waals surface area contributed by atoms with Gasteiger partial charge in [-0.3, -0.25) is 0 Å². The maximum Gasteiger partial charge on any atom is 0.183 e. The standard InChI is InChI=1S/C8H7BrN2O/c1-11-4-3-10-8(11)7-6(9)2-5-12-7/h2-5H,1H3. The predicted octanol–water partition coefficient (Wildman–Crippen LogP) is 2.44. The van der Waals surface area contributed by atoms with Crippen LogP contribution in [0.15, 0.2) is 33.6 Å². The van der Waals surface area contributed by atoms with Crippen molar-refractivity contribution in [3.8, 4) is 11.6 Å². The Morgan fingerprint density at radius 3 is 2.92 bits per heavy atom. The molecule has 0 saturated carbocycles. The third-order valence-electron chi connectivity index (χ3n) is 1.64. The smallest absolute Gasteiger partial charge is 0.183 e. The van der Waals surface area contributed by atoms with E-state index in [0.717, 1.165) is 16.1 Å². The molecule has 0 fully saturated rings. The highest BCUT2D eigenvalue weighted by Gasteiger charge is 2.10. The van der Waals surface area contributed by atoms with Gasteiger partial charge in [-0.25, -0.2) is 4.98 Å². The summed E-state index contributed by atoms with van der Waals surface area (Å²) in [6, 6.07) is 1.85. The van der Waals surface area contributed by atoms with Gasteiger partial charge in [0, 0.05) is 19.4 Å². The molecule has 0 bridgehead atoms. The molecule has 0 spiro atoms. The molecule has 0 unspecified atom stereocenters. The van der Waals surface area contributed by atoms with Gasteiger partial charge in [0.25, 0.3) is 0 Å². The summed E-state index contributed by atoms with van der Waals surface area (Å²) in [5.74, 6) is 1.59. The first-order chi connectivity index (χ1) is 5.79. The van der Waals surface area contributed by atoms with Crippen LogP contribution in [0, 0.1) is 0 Å². The molecule has 62 valence electrons. The molecule has 0 N–H and O–H groups in total. The summed E-state index contributed by atoms with van der Waals surface area (Å²) in [5, 5.41) is 0. The number of hydrogen-bond donors (Lipinski definition) is 0. The highest BCUT2D eigenvalue weighted by Crippen LogP contribution is 2.27. The number of rotatable bonds is 1. The van der Waals surface area contributed by atoms with Crippen molar-refractivity contribution < 1.29 is 4.42 Å². The first kappa shape index (κ1) is 7.61. The lowest BCUT2D eigenvalue weighted by atomic mass is 10.4. The Morgan fingerprint density at radius 2 is 2.42 bits per heavy atom. The Labute approximate surface area is 78.2 Å². The number of hydrogen-bond acceptors (Lipinski definition) is 2. The predicted molar refractivity (Wildman–Crippen MR) is 48.6 cm³/mol. The molecule has 2 rings (SSSR count). The summed E-state index contributed by atoms with van der Waals surface area (Å²) < 4.78 is 8.09. The molecule has 0 aliphatic heterocycles. The van der Waals surface area contributed by atoms with Crippen LogP contribution in [0.3, 0.4) is 0 Å². The fraction of sp³-hybridized carbons (Fsp3) is 0.125. The van der Waals surface area contributed by atoms with Gasteiger partial charge in [-0.15, -0.1) is 0 Å². The van der Waals surface area contributed by atoms with E-state index < -0.39 is 0 Å². The summed E-state index contributed by atoms with van der Waals surface area (Å²) >= 11 is 3.37. The van der Waals surface area contributed by atoms with Crippen molar-refractivity contribution >= 4 is 15.9 Å². The van der Waals surface area contributed by atoms with Gasteiger partial charge < -0.3 is 8.98 Å². The van der Waals surface area contributed by atoms with Crippen LogP contribution in [0.2, 0.25) is 0 Å². The average molecular weight is 227 g/mol. The molecule has 0 aromatic carbocycles. The van der Waals surface area contributed by atoms with E-state index in [9.17, 15) is 0 Å². The van der Waals surface area contributed by atoms with Crippen molar-refractivity contribution in [2.45, 2.75) is 0 Å². The second kappa shape index (κ2) is 2.79. The molecule has 0 aliphatic rings. The Bertz CT molecular complexity index is 353. The van der Waals surface area contributed by atoms with E-state index in [-0.39, 0.29) is 0 Å². The Morgan fingerprint density at radius 1 is 1.58 bits per heavy atom. The molecule has 2 heterocycles. The van der Waals surface area contributed by atoms with E-state index in [4.69, 9.17) is 4.42 Å². The van der Waals surface area contributed by atoms with Crippen LogP contribution in [0.25, 0.3) is 11.6 Å². The largest absolute Gasteiger partial charge is 0.460 e. The van der Waals surface area contributed by atoms with Crippen molar-refractivity contribution in [2.24, 2.45) is 7.05 Å². The number of nitrogens with zero attached hydrogens (tertiary/aromatic N) is 2. The minimum Gasteiger partial charge on any atom is -0.460 e. The highest BCUT2D eigenvalue weighted by molar-refractivity contribution is 9.10. The number of halogens is 1. The minimum atomic E-state index is 0.766. The van der Waals surface area contributed by atoms with E-state index in [1.54, 1.807) is 12.5 Å². The molecular formula is C8H7BrN2O. The van der Waals surface area contributed by atoms with Crippen LogP contribution in [0.1, 0.15) is 0 Å². The third-order valence-corrected chi connectivity index (χ3v) is 2.27. The van der Waals surface area contributed by atoms with Gasteiger partial charge in [-0.2, -0.15) is 0 Å². The molecule has 0 saturated heterocycles. The Balaban J connectivity index is 2.57. The van der Waals surface area contributed by atoms with Crippen molar-refractivity contribution in [1.82, 2.24) is 9.55 Å². The summed E-state index contributed by atoms with van der Waals surface area (Å²) in [6.07, 6.45) is 5.25. The van der Waals surface area contributed by atoms with Crippen LogP contribution in [0.5, 0.6) is 0 Å². The second-order valence-electron chi connectivity index (χ2n) is 2.46. The van der Waals surface area contributed by atoms with Crippen LogP contribution in [0.4, 0.5) is 0 Å². The lowest BCUT2D eigenvalue weighted by Crippen LogP contribution is -1.89. The zero-order valence-electron chi connectivity index (χ0n) is 6.49. The normalized spacial score (nSPS) is 10.5. The average Bonchev–Trinajstić information content (AvgIpc) is 2.59. The number of imidazole rings is 1. The van der Waals surface area contributed by atoms with Crippen LogP contribution >= 0.6 is 15.9 Å². The summed E-state index contributed by atoms with van der Waals surface area (Å²) in [7, 11) is 1.93. The summed E-state index contributed by atoms with van der Waals surface area (Å²) in [5.41, 5.74) is 0. The van der Waals surface area contributed by atoms with Crippen LogP contribution < -0.4 is 0 Å². The first-order valence-corrected chi connectivity index (χ1v) is 4.29. The van der Waals surface area contributed by atoms with Gasteiger partial charge in [0.05, 0.1) is 10.7 Å². The minimum absolute atomic E-state index is 0.766. The summed E-state index contributed by atoms with van der Waals surface area (Å²) in [6.45, 7) is 0.